The van der Waals surface area contributed by atoms with Gasteiger partial charge in [0.15, 0.2) is 0 Å². The summed E-state index contributed by atoms with van der Waals surface area (Å²) in [5.41, 5.74) is 0.964. The van der Waals surface area contributed by atoms with Crippen molar-refractivity contribution in [1.82, 2.24) is 19.4 Å². The summed E-state index contributed by atoms with van der Waals surface area (Å²) >= 11 is 0. The maximum atomic E-state index is 12.6. The smallest absolute Gasteiger partial charge is 0.227 e. The molecular weight excluding hydrogens is 304 g/mol. The molecule has 3 heterocycles. The minimum absolute atomic E-state index is 0.169. The fraction of sp³-hybridized carbons (Fsp3) is 0.500. The Bertz CT molecular complexity index is 656. The van der Waals surface area contributed by atoms with Gasteiger partial charge in [0.05, 0.1) is 13.0 Å². The summed E-state index contributed by atoms with van der Waals surface area (Å²) in [6, 6.07) is 3.82. The summed E-state index contributed by atoms with van der Waals surface area (Å²) in [6.45, 7) is 3.03. The van der Waals surface area contributed by atoms with Crippen molar-refractivity contribution < 1.29 is 9.53 Å². The molecule has 0 bridgehead atoms. The topological polar surface area (TPSA) is 60.2 Å². The van der Waals surface area contributed by atoms with Gasteiger partial charge in [-0.15, -0.1) is 0 Å². The lowest BCUT2D eigenvalue weighted by Crippen LogP contribution is -2.40. The average molecular weight is 328 g/mol. The van der Waals surface area contributed by atoms with E-state index in [9.17, 15) is 4.79 Å². The van der Waals surface area contributed by atoms with Gasteiger partial charge in [0.25, 0.3) is 0 Å². The van der Waals surface area contributed by atoms with Crippen LogP contribution in [0.25, 0.3) is 0 Å². The highest BCUT2D eigenvalue weighted by atomic mass is 16.5. The predicted octanol–water partition coefficient (Wildman–Crippen LogP) is 1.87. The van der Waals surface area contributed by atoms with Gasteiger partial charge in [-0.1, -0.05) is 6.07 Å². The summed E-state index contributed by atoms with van der Waals surface area (Å²) in [7, 11) is 1.70. The van der Waals surface area contributed by atoms with Crippen molar-refractivity contribution in [1.29, 1.82) is 0 Å². The van der Waals surface area contributed by atoms with Crippen LogP contribution >= 0.6 is 0 Å². The van der Waals surface area contributed by atoms with Crippen molar-refractivity contribution in [3.63, 3.8) is 0 Å². The third-order valence-electron chi connectivity index (χ3n) is 4.50. The first-order valence-electron chi connectivity index (χ1n) is 8.44. The summed E-state index contributed by atoms with van der Waals surface area (Å²) in [4.78, 5) is 23.2. The number of likely N-dealkylation sites (tertiary alicyclic amines) is 1. The average Bonchev–Trinajstić information content (AvgIpc) is 3.09. The molecule has 0 aromatic carbocycles. The Kier molecular flexibility index (Phi) is 5.59. The molecule has 1 fully saturated rings. The van der Waals surface area contributed by atoms with E-state index in [-0.39, 0.29) is 5.91 Å². The third-order valence-corrected chi connectivity index (χ3v) is 4.50. The van der Waals surface area contributed by atoms with Gasteiger partial charge >= 0.3 is 0 Å². The standard InChI is InChI=1S/C18H24N4O2/c1-24-11-10-21-9-7-20-18(21)16-5-3-8-22(14-16)17(23)12-15-4-2-6-19-13-15/h2,4,6-7,9,13,16H,3,5,8,10-12,14H2,1H3/t16-/m1/s1. The van der Waals surface area contributed by atoms with Crippen LogP contribution in [0.4, 0.5) is 0 Å². The molecule has 0 spiro atoms. The number of carbonyl (C=O) groups is 1. The molecule has 3 rings (SSSR count). The van der Waals surface area contributed by atoms with E-state index in [1.54, 1.807) is 19.5 Å². The molecule has 1 amide bonds. The number of rotatable bonds is 6. The molecule has 1 aliphatic rings. The zero-order valence-electron chi connectivity index (χ0n) is 14.1. The second kappa shape index (κ2) is 8.06. The van der Waals surface area contributed by atoms with Crippen molar-refractivity contribution in [2.24, 2.45) is 0 Å². The van der Waals surface area contributed by atoms with Crippen LogP contribution in [0.1, 0.15) is 30.1 Å². The van der Waals surface area contributed by atoms with Crippen molar-refractivity contribution in [3.05, 3.63) is 48.3 Å². The normalized spacial score (nSPS) is 17.9. The Morgan fingerprint density at radius 1 is 1.42 bits per heavy atom. The quantitative estimate of drug-likeness (QED) is 0.812. The van der Waals surface area contributed by atoms with Gasteiger partial charge in [-0.3, -0.25) is 9.78 Å². The Morgan fingerprint density at radius 3 is 3.12 bits per heavy atom. The zero-order valence-corrected chi connectivity index (χ0v) is 14.1. The van der Waals surface area contributed by atoms with Crippen LogP contribution in [0.2, 0.25) is 0 Å². The number of piperidine rings is 1. The van der Waals surface area contributed by atoms with Gasteiger partial charge < -0.3 is 14.2 Å². The predicted molar refractivity (Wildman–Crippen MR) is 90.6 cm³/mol. The number of ether oxygens (including phenoxy) is 1. The molecule has 1 saturated heterocycles. The highest BCUT2D eigenvalue weighted by Gasteiger charge is 2.27. The number of pyridine rings is 1. The van der Waals surface area contributed by atoms with E-state index >= 15 is 0 Å². The van der Waals surface area contributed by atoms with E-state index in [4.69, 9.17) is 4.74 Å². The fourth-order valence-electron chi connectivity index (χ4n) is 3.26. The van der Waals surface area contributed by atoms with Crippen LogP contribution in [0.5, 0.6) is 0 Å². The number of methoxy groups -OCH3 is 1. The number of hydrogen-bond acceptors (Lipinski definition) is 4. The number of aromatic nitrogens is 3. The summed E-state index contributed by atoms with van der Waals surface area (Å²) in [5, 5.41) is 0. The fourth-order valence-corrected chi connectivity index (χ4v) is 3.26. The largest absolute Gasteiger partial charge is 0.383 e. The lowest BCUT2D eigenvalue weighted by atomic mass is 9.96. The van der Waals surface area contributed by atoms with E-state index in [0.717, 1.165) is 43.9 Å². The summed E-state index contributed by atoms with van der Waals surface area (Å²) in [6.07, 6.45) is 9.81. The van der Waals surface area contributed by atoms with Crippen LogP contribution in [0, 0.1) is 0 Å². The summed E-state index contributed by atoms with van der Waals surface area (Å²) < 4.78 is 7.31. The van der Waals surface area contributed by atoms with E-state index < -0.39 is 0 Å². The lowest BCUT2D eigenvalue weighted by Gasteiger charge is -2.32. The molecule has 0 unspecified atom stereocenters. The molecule has 0 radical (unpaired) electrons. The molecule has 6 nitrogen and oxygen atoms in total. The second-order valence-electron chi connectivity index (χ2n) is 6.19. The van der Waals surface area contributed by atoms with Gasteiger partial charge in [-0.2, -0.15) is 0 Å². The Morgan fingerprint density at radius 2 is 2.33 bits per heavy atom. The molecule has 1 atom stereocenters. The van der Waals surface area contributed by atoms with Crippen LogP contribution in [-0.4, -0.2) is 52.1 Å². The molecule has 0 aliphatic carbocycles. The monoisotopic (exact) mass is 328 g/mol. The first kappa shape index (κ1) is 16.6. The van der Waals surface area contributed by atoms with Gasteiger partial charge in [0, 0.05) is 57.4 Å². The summed E-state index contributed by atoms with van der Waals surface area (Å²) in [5.74, 6) is 1.53. The van der Waals surface area contributed by atoms with E-state index in [1.165, 1.54) is 0 Å². The maximum absolute atomic E-state index is 12.6. The molecule has 0 N–H and O–H groups in total. The lowest BCUT2D eigenvalue weighted by molar-refractivity contribution is -0.131. The van der Waals surface area contributed by atoms with Crippen LogP contribution in [0.3, 0.4) is 0 Å². The molecule has 24 heavy (non-hydrogen) atoms. The van der Waals surface area contributed by atoms with Crippen LogP contribution < -0.4 is 0 Å². The first-order chi connectivity index (χ1) is 11.8. The molecule has 128 valence electrons. The van der Waals surface area contributed by atoms with Crippen molar-refractivity contribution in [2.75, 3.05) is 26.8 Å². The van der Waals surface area contributed by atoms with Crippen molar-refractivity contribution in [2.45, 2.75) is 31.7 Å². The zero-order chi connectivity index (χ0) is 16.8. The van der Waals surface area contributed by atoms with Crippen molar-refractivity contribution in [3.8, 4) is 0 Å². The molecule has 2 aromatic heterocycles. The second-order valence-corrected chi connectivity index (χ2v) is 6.19. The SMILES string of the molecule is COCCn1ccnc1[C@@H]1CCCN(C(=O)Cc2cccnc2)C1. The van der Waals surface area contributed by atoms with E-state index in [0.29, 0.717) is 18.9 Å². The van der Waals surface area contributed by atoms with Crippen molar-refractivity contribution >= 4 is 5.91 Å². The van der Waals surface area contributed by atoms with Crippen LogP contribution in [-0.2, 0) is 22.5 Å². The Balaban J connectivity index is 1.64. The minimum atomic E-state index is 0.169. The van der Waals surface area contributed by atoms with Gasteiger partial charge in [-0.25, -0.2) is 4.98 Å². The molecule has 6 heteroatoms. The molecule has 0 saturated carbocycles. The third kappa shape index (κ3) is 4.00. The molecular formula is C18H24N4O2. The molecule has 1 aliphatic heterocycles. The number of amides is 1. The highest BCUT2D eigenvalue weighted by molar-refractivity contribution is 5.78. The van der Waals surface area contributed by atoms with Gasteiger partial charge in [0.1, 0.15) is 5.82 Å². The molecule has 2 aromatic rings. The van der Waals surface area contributed by atoms with E-state index in [1.807, 2.05) is 29.4 Å². The van der Waals surface area contributed by atoms with Gasteiger partial charge in [-0.05, 0) is 24.5 Å². The van der Waals surface area contributed by atoms with Crippen LogP contribution in [0.15, 0.2) is 36.9 Å². The Labute approximate surface area is 142 Å². The number of imidazole rings is 1. The number of nitrogens with zero attached hydrogens (tertiary/aromatic N) is 4. The number of carbonyl (C=O) groups excluding carboxylic acids is 1. The number of hydrogen-bond donors (Lipinski definition) is 0. The first-order valence-corrected chi connectivity index (χ1v) is 8.44. The Hall–Kier alpha value is -2.21. The van der Waals surface area contributed by atoms with E-state index in [2.05, 4.69) is 14.5 Å². The minimum Gasteiger partial charge on any atom is -0.383 e. The maximum Gasteiger partial charge on any atom is 0.227 e. The highest BCUT2D eigenvalue weighted by Crippen LogP contribution is 2.26. The van der Waals surface area contributed by atoms with Gasteiger partial charge in [0.2, 0.25) is 5.91 Å².